The van der Waals surface area contributed by atoms with Crippen molar-refractivity contribution < 1.29 is 18.0 Å². The number of alkyl halides is 3. The van der Waals surface area contributed by atoms with Gasteiger partial charge in [0.1, 0.15) is 0 Å². The van der Waals surface area contributed by atoms with Crippen LogP contribution in [0.3, 0.4) is 0 Å². The van der Waals surface area contributed by atoms with Gasteiger partial charge in [-0.2, -0.15) is 18.3 Å². The average molecular weight is 366 g/mol. The van der Waals surface area contributed by atoms with Gasteiger partial charge in [-0.3, -0.25) is 4.79 Å². The number of rotatable bonds is 3. The molecule has 8 heteroatoms. The summed E-state index contributed by atoms with van der Waals surface area (Å²) in [4.78, 5) is 14.6. The number of amides is 1. The van der Waals surface area contributed by atoms with Gasteiger partial charge in [-0.1, -0.05) is 6.07 Å². The van der Waals surface area contributed by atoms with Gasteiger partial charge in [0.25, 0.3) is 5.91 Å². The van der Waals surface area contributed by atoms with Crippen molar-refractivity contribution in [2.45, 2.75) is 32.0 Å². The highest BCUT2D eigenvalue weighted by molar-refractivity contribution is 5.95. The fourth-order valence-corrected chi connectivity index (χ4v) is 3.26. The number of nitrogens with zero attached hydrogens (tertiary/aromatic N) is 3. The molecule has 1 amide bonds. The standard InChI is InChI=1S/C18H21F3N4O/c1-12-16(17(26)24-8-4-6-14(11-24)22-2)10-23-25(12)15-7-3-5-13(9-15)18(19,20)21/h3,5,7,9-10,14,22H,4,6,8,11H2,1-2H3. The van der Waals surface area contributed by atoms with Crippen molar-refractivity contribution in [3.05, 3.63) is 47.3 Å². The molecule has 0 spiro atoms. The first kappa shape index (κ1) is 18.4. The first-order valence-electron chi connectivity index (χ1n) is 8.50. The van der Waals surface area contributed by atoms with E-state index in [1.54, 1.807) is 17.9 Å². The molecule has 26 heavy (non-hydrogen) atoms. The maximum absolute atomic E-state index is 12.9. The summed E-state index contributed by atoms with van der Waals surface area (Å²) in [5, 5.41) is 7.34. The van der Waals surface area contributed by atoms with Crippen molar-refractivity contribution >= 4 is 5.91 Å². The molecule has 1 unspecified atom stereocenters. The Balaban J connectivity index is 1.87. The second-order valence-electron chi connectivity index (χ2n) is 6.48. The Morgan fingerprint density at radius 1 is 1.35 bits per heavy atom. The van der Waals surface area contributed by atoms with E-state index in [4.69, 9.17) is 0 Å². The molecule has 1 aromatic carbocycles. The van der Waals surface area contributed by atoms with Crippen LogP contribution in [-0.4, -0.2) is 46.8 Å². The van der Waals surface area contributed by atoms with Gasteiger partial charge in [0.15, 0.2) is 0 Å². The summed E-state index contributed by atoms with van der Waals surface area (Å²) in [6.45, 7) is 2.98. The molecule has 1 fully saturated rings. The van der Waals surface area contributed by atoms with E-state index < -0.39 is 11.7 Å². The predicted octanol–water partition coefficient (Wildman–Crippen LogP) is 3.02. The number of aromatic nitrogens is 2. The molecule has 1 aliphatic rings. The van der Waals surface area contributed by atoms with Gasteiger partial charge in [0.2, 0.25) is 0 Å². The number of hydrogen-bond donors (Lipinski definition) is 1. The predicted molar refractivity (Wildman–Crippen MR) is 91.3 cm³/mol. The Morgan fingerprint density at radius 2 is 2.12 bits per heavy atom. The van der Waals surface area contributed by atoms with E-state index in [1.165, 1.54) is 16.9 Å². The highest BCUT2D eigenvalue weighted by Gasteiger charge is 2.31. The van der Waals surface area contributed by atoms with Gasteiger partial charge >= 0.3 is 6.18 Å². The second kappa shape index (κ2) is 7.11. The summed E-state index contributed by atoms with van der Waals surface area (Å²) in [6.07, 6.45) is -1.06. The Hall–Kier alpha value is -2.35. The van der Waals surface area contributed by atoms with Gasteiger partial charge in [-0.15, -0.1) is 0 Å². The molecule has 1 aromatic heterocycles. The molecule has 1 saturated heterocycles. The maximum atomic E-state index is 12.9. The lowest BCUT2D eigenvalue weighted by Crippen LogP contribution is -2.47. The van der Waals surface area contributed by atoms with E-state index in [2.05, 4.69) is 10.4 Å². The van der Waals surface area contributed by atoms with Crippen molar-refractivity contribution in [1.82, 2.24) is 20.0 Å². The SMILES string of the molecule is CNC1CCCN(C(=O)c2cnn(-c3cccc(C(F)(F)F)c3)c2C)C1. The number of likely N-dealkylation sites (tertiary alicyclic amines) is 1. The summed E-state index contributed by atoms with van der Waals surface area (Å²) in [7, 11) is 1.87. The van der Waals surface area contributed by atoms with Crippen LogP contribution in [0.4, 0.5) is 13.2 Å². The lowest BCUT2D eigenvalue weighted by molar-refractivity contribution is -0.137. The zero-order valence-corrected chi connectivity index (χ0v) is 14.7. The largest absolute Gasteiger partial charge is 0.416 e. The van der Waals surface area contributed by atoms with Crippen LogP contribution >= 0.6 is 0 Å². The fraction of sp³-hybridized carbons (Fsp3) is 0.444. The van der Waals surface area contributed by atoms with Gasteiger partial charge in [-0.25, -0.2) is 4.68 Å². The lowest BCUT2D eigenvalue weighted by atomic mass is 10.0. The second-order valence-corrected chi connectivity index (χ2v) is 6.48. The number of carbonyl (C=O) groups is 1. The van der Waals surface area contributed by atoms with Crippen molar-refractivity contribution in [3.63, 3.8) is 0 Å². The average Bonchev–Trinajstić information content (AvgIpc) is 3.02. The van der Waals surface area contributed by atoms with E-state index in [0.717, 1.165) is 25.0 Å². The first-order chi connectivity index (χ1) is 12.3. The fourth-order valence-electron chi connectivity index (χ4n) is 3.26. The number of likely N-dealkylation sites (N-methyl/N-ethyl adjacent to an activating group) is 1. The van der Waals surface area contributed by atoms with Crippen LogP contribution in [-0.2, 0) is 6.18 Å². The zero-order chi connectivity index (χ0) is 18.9. The maximum Gasteiger partial charge on any atom is 0.416 e. The number of hydrogen-bond acceptors (Lipinski definition) is 3. The minimum Gasteiger partial charge on any atom is -0.337 e. The Bertz CT molecular complexity index is 800. The minimum atomic E-state index is -4.42. The third kappa shape index (κ3) is 3.60. The molecule has 0 aliphatic carbocycles. The molecule has 3 rings (SSSR count). The molecule has 5 nitrogen and oxygen atoms in total. The normalized spacial score (nSPS) is 18.2. The molecule has 1 atom stereocenters. The summed E-state index contributed by atoms with van der Waals surface area (Å²) >= 11 is 0. The van der Waals surface area contributed by atoms with E-state index in [0.29, 0.717) is 24.3 Å². The molecule has 1 N–H and O–H groups in total. The van der Waals surface area contributed by atoms with Crippen LogP contribution in [0.5, 0.6) is 0 Å². The zero-order valence-electron chi connectivity index (χ0n) is 14.7. The molecule has 140 valence electrons. The van der Waals surface area contributed by atoms with Crippen LogP contribution in [0.2, 0.25) is 0 Å². The number of piperidine rings is 1. The van der Waals surface area contributed by atoms with Crippen molar-refractivity contribution in [1.29, 1.82) is 0 Å². The molecule has 0 bridgehead atoms. The number of carbonyl (C=O) groups excluding carboxylic acids is 1. The van der Waals surface area contributed by atoms with E-state index >= 15 is 0 Å². The number of halogens is 3. The van der Waals surface area contributed by atoms with Crippen LogP contribution < -0.4 is 5.32 Å². The molecule has 2 aromatic rings. The minimum absolute atomic E-state index is 0.138. The van der Waals surface area contributed by atoms with Gasteiger partial charge in [0, 0.05) is 19.1 Å². The first-order valence-corrected chi connectivity index (χ1v) is 8.50. The van der Waals surface area contributed by atoms with Gasteiger partial charge in [-0.05, 0) is 45.0 Å². The molecule has 1 aliphatic heterocycles. The summed E-state index contributed by atoms with van der Waals surface area (Å²) in [6, 6.07) is 5.18. The van der Waals surface area contributed by atoms with Crippen LogP contribution in [0.25, 0.3) is 5.69 Å². The Morgan fingerprint density at radius 3 is 2.81 bits per heavy atom. The van der Waals surface area contributed by atoms with E-state index in [-0.39, 0.29) is 17.6 Å². The monoisotopic (exact) mass is 366 g/mol. The Kier molecular flexibility index (Phi) is 5.04. The summed E-state index contributed by atoms with van der Waals surface area (Å²) in [5.74, 6) is -0.138. The van der Waals surface area contributed by atoms with Crippen LogP contribution in [0.1, 0.15) is 34.5 Å². The molecule has 2 heterocycles. The molecule has 0 radical (unpaired) electrons. The quantitative estimate of drug-likeness (QED) is 0.909. The number of nitrogens with one attached hydrogen (secondary N) is 1. The molecular weight excluding hydrogens is 345 g/mol. The molecular formula is C18H21F3N4O. The topological polar surface area (TPSA) is 50.2 Å². The highest BCUT2D eigenvalue weighted by Crippen LogP contribution is 2.30. The third-order valence-corrected chi connectivity index (χ3v) is 4.78. The van der Waals surface area contributed by atoms with Crippen LogP contribution in [0.15, 0.2) is 30.5 Å². The van der Waals surface area contributed by atoms with E-state index in [9.17, 15) is 18.0 Å². The third-order valence-electron chi connectivity index (χ3n) is 4.78. The summed E-state index contributed by atoms with van der Waals surface area (Å²) < 4.78 is 40.2. The number of benzene rings is 1. The smallest absolute Gasteiger partial charge is 0.337 e. The Labute approximate surface area is 149 Å². The van der Waals surface area contributed by atoms with Crippen LogP contribution in [0, 0.1) is 6.92 Å². The van der Waals surface area contributed by atoms with Crippen molar-refractivity contribution in [2.24, 2.45) is 0 Å². The lowest BCUT2D eigenvalue weighted by Gasteiger charge is -2.32. The summed E-state index contributed by atoms with van der Waals surface area (Å²) in [5.41, 5.74) is 0.480. The highest BCUT2D eigenvalue weighted by atomic mass is 19.4. The van der Waals surface area contributed by atoms with Gasteiger partial charge in [0.05, 0.1) is 28.7 Å². The molecule has 0 saturated carbocycles. The van der Waals surface area contributed by atoms with E-state index in [1.807, 2.05) is 7.05 Å². The van der Waals surface area contributed by atoms with Crippen molar-refractivity contribution in [2.75, 3.05) is 20.1 Å². The van der Waals surface area contributed by atoms with Crippen molar-refractivity contribution in [3.8, 4) is 5.69 Å². The van der Waals surface area contributed by atoms with Gasteiger partial charge < -0.3 is 10.2 Å².